The van der Waals surface area contributed by atoms with Gasteiger partial charge in [-0.3, -0.25) is 10.6 Å². The Morgan fingerprint density at radius 2 is 2.20 bits per heavy atom. The van der Waals surface area contributed by atoms with Gasteiger partial charge in [0.15, 0.2) is 0 Å². The van der Waals surface area contributed by atoms with E-state index in [4.69, 9.17) is 10.9 Å². The topological polar surface area (TPSA) is 75.3 Å². The van der Waals surface area contributed by atoms with Crippen LogP contribution in [0.5, 0.6) is 0 Å². The maximum Gasteiger partial charge on any atom is 0.325 e. The summed E-state index contributed by atoms with van der Waals surface area (Å²) >= 11 is 0. The Morgan fingerprint density at radius 1 is 1.60 bits per heavy atom. The van der Waals surface area contributed by atoms with E-state index in [-0.39, 0.29) is 6.42 Å². The second kappa shape index (κ2) is 4.37. The van der Waals surface area contributed by atoms with Gasteiger partial charge in [0, 0.05) is 6.42 Å². The molecule has 4 nitrogen and oxygen atoms in total. The molecule has 0 bridgehead atoms. The lowest BCUT2D eigenvalue weighted by molar-refractivity contribution is -0.144. The number of nitrogens with two attached hydrogens (primary N) is 1. The first-order chi connectivity index (χ1) is 6.99. The highest BCUT2D eigenvalue weighted by molar-refractivity contribution is 5.78. The molecule has 1 unspecified atom stereocenters. The second-order valence-corrected chi connectivity index (χ2v) is 3.55. The minimum absolute atomic E-state index is 0.00843. The molecule has 82 valence electrons. The molecule has 0 saturated carbocycles. The van der Waals surface area contributed by atoms with Crippen LogP contribution in [-0.4, -0.2) is 16.6 Å². The highest BCUT2D eigenvalue weighted by Gasteiger charge is 2.32. The Morgan fingerprint density at radius 3 is 2.67 bits per heavy atom. The Kier molecular flexibility index (Phi) is 3.39. The van der Waals surface area contributed by atoms with Gasteiger partial charge in [0.25, 0.3) is 0 Å². The van der Waals surface area contributed by atoms with Crippen LogP contribution in [0.3, 0.4) is 0 Å². The van der Waals surface area contributed by atoms with Gasteiger partial charge in [-0.2, -0.15) is 0 Å². The van der Waals surface area contributed by atoms with E-state index in [1.54, 1.807) is 12.1 Å². The monoisotopic (exact) mass is 212 g/mol. The predicted molar refractivity (Wildman–Crippen MR) is 53.5 cm³/mol. The van der Waals surface area contributed by atoms with E-state index in [0.29, 0.717) is 5.56 Å². The first-order valence-electron chi connectivity index (χ1n) is 4.44. The molecule has 0 aliphatic heterocycles. The number of halogens is 1. The number of hydrazine groups is 1. The normalized spacial score (nSPS) is 14.6. The molecule has 0 aromatic heterocycles. The van der Waals surface area contributed by atoms with Gasteiger partial charge in [-0.25, -0.2) is 9.82 Å². The predicted octanol–water partition coefficient (Wildman–Crippen LogP) is 0.675. The molecule has 5 heteroatoms. The standard InChI is InChI=1S/C10H13FN2O2/c1-10(13-12,9(14)15)6-7-4-2-3-5-8(7)11/h2-5,13H,6,12H2,1H3,(H,14,15). The zero-order valence-corrected chi connectivity index (χ0v) is 8.33. The third-order valence-corrected chi connectivity index (χ3v) is 2.29. The molecule has 0 aliphatic rings. The van der Waals surface area contributed by atoms with E-state index in [1.807, 2.05) is 0 Å². The molecule has 0 aliphatic carbocycles. The molecule has 4 N–H and O–H groups in total. The molecule has 0 spiro atoms. The Bertz CT molecular complexity index is 370. The quantitative estimate of drug-likeness (QED) is 0.506. The van der Waals surface area contributed by atoms with Crippen molar-refractivity contribution in [3.05, 3.63) is 35.6 Å². The third kappa shape index (κ3) is 2.51. The van der Waals surface area contributed by atoms with Crippen molar-refractivity contribution in [3.8, 4) is 0 Å². The summed E-state index contributed by atoms with van der Waals surface area (Å²) in [6, 6.07) is 6.02. The highest BCUT2D eigenvalue weighted by Crippen LogP contribution is 2.15. The largest absolute Gasteiger partial charge is 0.480 e. The van der Waals surface area contributed by atoms with E-state index in [9.17, 15) is 9.18 Å². The van der Waals surface area contributed by atoms with E-state index >= 15 is 0 Å². The molecule has 1 atom stereocenters. The highest BCUT2D eigenvalue weighted by atomic mass is 19.1. The fourth-order valence-electron chi connectivity index (χ4n) is 1.21. The molecule has 1 aromatic carbocycles. The third-order valence-electron chi connectivity index (χ3n) is 2.29. The van der Waals surface area contributed by atoms with Crippen LogP contribution in [0.25, 0.3) is 0 Å². The van der Waals surface area contributed by atoms with Gasteiger partial charge in [-0.05, 0) is 18.6 Å². The summed E-state index contributed by atoms with van der Waals surface area (Å²) < 4.78 is 13.3. The van der Waals surface area contributed by atoms with E-state index in [2.05, 4.69) is 5.43 Å². The minimum atomic E-state index is -1.36. The summed E-state index contributed by atoms with van der Waals surface area (Å²) in [7, 11) is 0. The molecule has 1 rings (SSSR count). The van der Waals surface area contributed by atoms with Crippen molar-refractivity contribution in [3.63, 3.8) is 0 Å². The summed E-state index contributed by atoms with van der Waals surface area (Å²) in [6.45, 7) is 1.40. The summed E-state index contributed by atoms with van der Waals surface area (Å²) in [5.41, 5.74) is 1.15. The van der Waals surface area contributed by atoms with Gasteiger partial charge in [0.2, 0.25) is 0 Å². The van der Waals surface area contributed by atoms with Crippen LogP contribution in [-0.2, 0) is 11.2 Å². The van der Waals surface area contributed by atoms with Crippen LogP contribution >= 0.6 is 0 Å². The fourth-order valence-corrected chi connectivity index (χ4v) is 1.21. The Hall–Kier alpha value is -1.46. The molecule has 15 heavy (non-hydrogen) atoms. The van der Waals surface area contributed by atoms with Crippen molar-refractivity contribution >= 4 is 5.97 Å². The molecule has 1 aromatic rings. The van der Waals surface area contributed by atoms with Crippen molar-refractivity contribution in [2.45, 2.75) is 18.9 Å². The lowest BCUT2D eigenvalue weighted by Gasteiger charge is -2.23. The van der Waals surface area contributed by atoms with E-state index in [0.717, 1.165) is 0 Å². The van der Waals surface area contributed by atoms with Crippen LogP contribution < -0.4 is 11.3 Å². The summed E-state index contributed by atoms with van der Waals surface area (Å²) in [5.74, 6) is 3.60. The molecular weight excluding hydrogens is 199 g/mol. The lowest BCUT2D eigenvalue weighted by atomic mass is 9.93. The summed E-state index contributed by atoms with van der Waals surface area (Å²) in [5, 5.41) is 8.92. The van der Waals surface area contributed by atoms with Gasteiger partial charge in [0.05, 0.1) is 0 Å². The number of nitrogens with one attached hydrogen (secondary N) is 1. The number of carboxylic acid groups (broad SMARTS) is 1. The number of carboxylic acids is 1. The van der Waals surface area contributed by atoms with Gasteiger partial charge < -0.3 is 5.11 Å². The lowest BCUT2D eigenvalue weighted by Crippen LogP contribution is -2.54. The maximum absolute atomic E-state index is 13.3. The maximum atomic E-state index is 13.3. The van der Waals surface area contributed by atoms with Crippen LogP contribution in [0, 0.1) is 5.82 Å². The number of hydrogen-bond acceptors (Lipinski definition) is 3. The van der Waals surface area contributed by atoms with Crippen molar-refractivity contribution < 1.29 is 14.3 Å². The van der Waals surface area contributed by atoms with Crippen LogP contribution in [0.4, 0.5) is 4.39 Å². The summed E-state index contributed by atoms with van der Waals surface area (Å²) in [4.78, 5) is 10.9. The number of rotatable bonds is 4. The number of carbonyl (C=O) groups is 1. The number of benzene rings is 1. The van der Waals surface area contributed by atoms with Gasteiger partial charge >= 0.3 is 5.97 Å². The van der Waals surface area contributed by atoms with Gasteiger partial charge in [-0.1, -0.05) is 18.2 Å². The van der Waals surface area contributed by atoms with Crippen molar-refractivity contribution in [1.29, 1.82) is 0 Å². The Labute approximate surface area is 86.9 Å². The average molecular weight is 212 g/mol. The second-order valence-electron chi connectivity index (χ2n) is 3.55. The zero-order valence-electron chi connectivity index (χ0n) is 8.33. The van der Waals surface area contributed by atoms with Crippen LogP contribution in [0.1, 0.15) is 12.5 Å². The van der Waals surface area contributed by atoms with Gasteiger partial charge in [-0.15, -0.1) is 0 Å². The van der Waals surface area contributed by atoms with E-state index in [1.165, 1.54) is 19.1 Å². The molecule has 0 saturated heterocycles. The Balaban J connectivity index is 2.94. The molecule has 0 heterocycles. The number of hydrogen-bond donors (Lipinski definition) is 3. The molecule has 0 amide bonds. The number of aliphatic carboxylic acids is 1. The summed E-state index contributed by atoms with van der Waals surface area (Å²) in [6.07, 6.45) is -0.00843. The average Bonchev–Trinajstić information content (AvgIpc) is 2.21. The smallest absolute Gasteiger partial charge is 0.325 e. The fraction of sp³-hybridized carbons (Fsp3) is 0.300. The van der Waals surface area contributed by atoms with Gasteiger partial charge in [0.1, 0.15) is 11.4 Å². The van der Waals surface area contributed by atoms with Crippen molar-refractivity contribution in [2.24, 2.45) is 5.84 Å². The minimum Gasteiger partial charge on any atom is -0.480 e. The van der Waals surface area contributed by atoms with Crippen LogP contribution in [0.2, 0.25) is 0 Å². The SMILES string of the molecule is CC(Cc1ccccc1F)(NN)C(=O)O. The first-order valence-corrected chi connectivity index (χ1v) is 4.44. The molecule has 0 radical (unpaired) electrons. The van der Waals surface area contributed by atoms with Crippen LogP contribution in [0.15, 0.2) is 24.3 Å². The molecule has 0 fully saturated rings. The zero-order chi connectivity index (χ0) is 11.5. The van der Waals surface area contributed by atoms with Crippen molar-refractivity contribution in [1.82, 2.24) is 5.43 Å². The van der Waals surface area contributed by atoms with Crippen molar-refractivity contribution in [2.75, 3.05) is 0 Å². The van der Waals surface area contributed by atoms with E-state index < -0.39 is 17.3 Å². The first kappa shape index (κ1) is 11.6. The molecular formula is C10H13FN2O2.